The van der Waals surface area contributed by atoms with E-state index < -0.39 is 0 Å². The first-order chi connectivity index (χ1) is 12.3. The van der Waals surface area contributed by atoms with Crippen LogP contribution in [0.4, 0.5) is 0 Å². The molecule has 5 nitrogen and oxygen atoms in total. The molecule has 2 heterocycles. The molecule has 4 aliphatic rings. The molecular formula is C20H30N2O3. The zero-order valence-electron chi connectivity index (χ0n) is 15.1. The minimum Gasteiger partial charge on any atom is -0.378 e. The van der Waals surface area contributed by atoms with Crippen molar-refractivity contribution in [3.63, 3.8) is 0 Å². The molecule has 0 unspecified atom stereocenters. The molecule has 0 radical (unpaired) electrons. The third kappa shape index (κ3) is 3.35. The number of likely N-dealkylation sites (tertiary alicyclic amines) is 1. The van der Waals surface area contributed by atoms with Gasteiger partial charge in [-0.3, -0.25) is 14.5 Å². The summed E-state index contributed by atoms with van der Waals surface area (Å²) in [6.07, 6.45) is 11.5. The second-order valence-corrected chi connectivity index (χ2v) is 7.97. The maximum atomic E-state index is 13.2. The van der Waals surface area contributed by atoms with Gasteiger partial charge in [0, 0.05) is 37.2 Å². The molecule has 0 spiro atoms. The third-order valence-electron chi connectivity index (χ3n) is 6.47. The maximum absolute atomic E-state index is 13.2. The van der Waals surface area contributed by atoms with Crippen LogP contribution in [-0.4, -0.2) is 54.0 Å². The molecule has 4 rings (SSSR count). The minimum absolute atomic E-state index is 0.0776. The van der Waals surface area contributed by atoms with E-state index in [0.717, 1.165) is 71.2 Å². The van der Waals surface area contributed by atoms with Gasteiger partial charge in [-0.05, 0) is 32.1 Å². The highest BCUT2D eigenvalue weighted by atomic mass is 16.5. The number of ether oxygens (including phenoxy) is 1. The van der Waals surface area contributed by atoms with Gasteiger partial charge in [0.05, 0.1) is 19.1 Å². The SMILES string of the molecule is O=C1C[C@H]([C@H]2CCCC=C2N2CCOCC2)C(=O)N1C1CCCCC1. The van der Waals surface area contributed by atoms with Crippen LogP contribution in [0.25, 0.3) is 0 Å². The van der Waals surface area contributed by atoms with Gasteiger partial charge in [-0.1, -0.05) is 25.3 Å². The van der Waals surface area contributed by atoms with E-state index in [2.05, 4.69) is 11.0 Å². The average molecular weight is 346 g/mol. The molecule has 25 heavy (non-hydrogen) atoms. The topological polar surface area (TPSA) is 49.9 Å². The molecule has 2 amide bonds. The predicted octanol–water partition coefficient (Wildman–Crippen LogP) is 2.71. The van der Waals surface area contributed by atoms with Crippen LogP contribution in [0.15, 0.2) is 11.8 Å². The van der Waals surface area contributed by atoms with Crippen LogP contribution in [0.2, 0.25) is 0 Å². The molecule has 0 bridgehead atoms. The van der Waals surface area contributed by atoms with Gasteiger partial charge < -0.3 is 9.64 Å². The number of allylic oxidation sites excluding steroid dienone is 2. The van der Waals surface area contributed by atoms with Gasteiger partial charge in [0.1, 0.15) is 0 Å². The summed E-state index contributed by atoms with van der Waals surface area (Å²) in [5, 5.41) is 0. The van der Waals surface area contributed by atoms with Gasteiger partial charge in [-0.15, -0.1) is 0 Å². The van der Waals surface area contributed by atoms with Crippen LogP contribution in [0.5, 0.6) is 0 Å². The van der Waals surface area contributed by atoms with Gasteiger partial charge in [-0.2, -0.15) is 0 Å². The van der Waals surface area contributed by atoms with Crippen molar-refractivity contribution in [3.8, 4) is 0 Å². The summed E-state index contributed by atoms with van der Waals surface area (Å²) in [6, 6.07) is 0.165. The summed E-state index contributed by atoms with van der Waals surface area (Å²) >= 11 is 0. The highest BCUT2D eigenvalue weighted by molar-refractivity contribution is 6.04. The molecular weight excluding hydrogens is 316 g/mol. The molecule has 2 saturated heterocycles. The summed E-state index contributed by atoms with van der Waals surface area (Å²) in [4.78, 5) is 29.9. The van der Waals surface area contributed by atoms with Gasteiger partial charge in [0.15, 0.2) is 0 Å². The Morgan fingerprint density at radius 3 is 2.44 bits per heavy atom. The highest BCUT2D eigenvalue weighted by Crippen LogP contribution is 2.40. The largest absolute Gasteiger partial charge is 0.378 e. The molecule has 2 atom stereocenters. The van der Waals surface area contributed by atoms with E-state index in [1.807, 2.05) is 0 Å². The molecule has 0 aromatic carbocycles. The number of rotatable bonds is 3. The lowest BCUT2D eigenvalue weighted by Gasteiger charge is -2.39. The normalized spacial score (nSPS) is 32.2. The Labute approximate surface area is 150 Å². The number of hydrogen-bond donors (Lipinski definition) is 0. The van der Waals surface area contributed by atoms with E-state index in [1.54, 1.807) is 4.90 Å². The van der Waals surface area contributed by atoms with E-state index in [-0.39, 0.29) is 29.7 Å². The van der Waals surface area contributed by atoms with Gasteiger partial charge in [-0.25, -0.2) is 0 Å². The summed E-state index contributed by atoms with van der Waals surface area (Å²) < 4.78 is 5.49. The monoisotopic (exact) mass is 346 g/mol. The van der Waals surface area contributed by atoms with Crippen LogP contribution in [-0.2, 0) is 14.3 Å². The highest BCUT2D eigenvalue weighted by Gasteiger charge is 2.47. The molecule has 1 saturated carbocycles. The third-order valence-corrected chi connectivity index (χ3v) is 6.47. The lowest BCUT2D eigenvalue weighted by molar-refractivity contribution is -0.143. The number of amides is 2. The van der Waals surface area contributed by atoms with Crippen molar-refractivity contribution in [3.05, 3.63) is 11.8 Å². The van der Waals surface area contributed by atoms with E-state index in [4.69, 9.17) is 4.74 Å². The smallest absolute Gasteiger partial charge is 0.233 e. The molecule has 3 fully saturated rings. The van der Waals surface area contributed by atoms with Crippen molar-refractivity contribution >= 4 is 11.8 Å². The van der Waals surface area contributed by atoms with Crippen molar-refractivity contribution in [1.29, 1.82) is 0 Å². The van der Waals surface area contributed by atoms with Crippen LogP contribution >= 0.6 is 0 Å². The van der Waals surface area contributed by atoms with E-state index >= 15 is 0 Å². The first-order valence-corrected chi connectivity index (χ1v) is 10.1. The molecule has 0 aromatic heterocycles. The molecule has 138 valence electrons. The Balaban J connectivity index is 1.51. The second-order valence-electron chi connectivity index (χ2n) is 7.97. The van der Waals surface area contributed by atoms with Crippen molar-refractivity contribution in [2.24, 2.45) is 11.8 Å². The first kappa shape index (κ1) is 17.1. The Morgan fingerprint density at radius 2 is 1.68 bits per heavy atom. The van der Waals surface area contributed by atoms with Crippen molar-refractivity contribution in [2.45, 2.75) is 63.8 Å². The van der Waals surface area contributed by atoms with E-state index in [9.17, 15) is 9.59 Å². The number of nitrogens with zero attached hydrogens (tertiary/aromatic N) is 2. The van der Waals surface area contributed by atoms with Crippen LogP contribution in [0, 0.1) is 11.8 Å². The zero-order valence-corrected chi connectivity index (χ0v) is 15.1. The van der Waals surface area contributed by atoms with Gasteiger partial charge >= 0.3 is 0 Å². The Morgan fingerprint density at radius 1 is 0.920 bits per heavy atom. The zero-order chi connectivity index (χ0) is 17.2. The fraction of sp³-hybridized carbons (Fsp3) is 0.800. The molecule has 2 aliphatic heterocycles. The summed E-state index contributed by atoms with van der Waals surface area (Å²) in [7, 11) is 0. The van der Waals surface area contributed by atoms with E-state index in [0.29, 0.717) is 6.42 Å². The maximum Gasteiger partial charge on any atom is 0.233 e. The summed E-state index contributed by atoms with van der Waals surface area (Å²) in [6.45, 7) is 3.33. The number of carbonyl (C=O) groups excluding carboxylic acids is 2. The Hall–Kier alpha value is -1.36. The first-order valence-electron chi connectivity index (χ1n) is 10.1. The average Bonchev–Trinajstić information content (AvgIpc) is 2.97. The lowest BCUT2D eigenvalue weighted by atomic mass is 9.80. The fourth-order valence-electron chi connectivity index (χ4n) is 5.19. The Bertz CT molecular complexity index is 547. The molecule has 5 heteroatoms. The minimum atomic E-state index is -0.135. The van der Waals surface area contributed by atoms with Crippen molar-refractivity contribution in [1.82, 2.24) is 9.80 Å². The van der Waals surface area contributed by atoms with Gasteiger partial charge in [0.25, 0.3) is 0 Å². The number of imide groups is 1. The number of morpholine rings is 1. The number of hydrogen-bond acceptors (Lipinski definition) is 4. The number of carbonyl (C=O) groups is 2. The van der Waals surface area contributed by atoms with Gasteiger partial charge in [0.2, 0.25) is 11.8 Å². The summed E-state index contributed by atoms with van der Waals surface area (Å²) in [5.74, 6) is 0.275. The molecule has 0 aromatic rings. The standard InChI is InChI=1S/C20H30N2O3/c23-19-14-17(20(24)22(19)15-6-2-1-3-7-15)16-8-4-5-9-18(16)21-10-12-25-13-11-21/h9,15-17H,1-8,10-14H2/t16-,17-/m1/s1. The molecule has 0 N–H and O–H groups in total. The molecule has 2 aliphatic carbocycles. The van der Waals surface area contributed by atoms with Crippen molar-refractivity contribution in [2.75, 3.05) is 26.3 Å². The van der Waals surface area contributed by atoms with E-state index in [1.165, 1.54) is 12.1 Å². The second kappa shape index (κ2) is 7.48. The van der Waals surface area contributed by atoms with Crippen LogP contribution in [0.1, 0.15) is 57.8 Å². The van der Waals surface area contributed by atoms with Crippen LogP contribution in [0.3, 0.4) is 0 Å². The predicted molar refractivity (Wildman–Crippen MR) is 94.6 cm³/mol. The fourth-order valence-corrected chi connectivity index (χ4v) is 5.19. The lowest BCUT2D eigenvalue weighted by Crippen LogP contribution is -2.44. The quantitative estimate of drug-likeness (QED) is 0.737. The Kier molecular flexibility index (Phi) is 5.11. The van der Waals surface area contributed by atoms with Crippen molar-refractivity contribution < 1.29 is 14.3 Å². The van der Waals surface area contributed by atoms with Crippen LogP contribution < -0.4 is 0 Å². The summed E-state index contributed by atoms with van der Waals surface area (Å²) in [5.41, 5.74) is 1.31.